The Kier molecular flexibility index (Phi) is 8.62. The number of anilines is 4. The van der Waals surface area contributed by atoms with Gasteiger partial charge in [-0.3, -0.25) is 0 Å². The molecule has 4 heterocycles. The maximum Gasteiger partial charge on any atom is 0.0743 e. The zero-order chi connectivity index (χ0) is 40.3. The van der Waals surface area contributed by atoms with Gasteiger partial charge in [0.2, 0.25) is 0 Å². The van der Waals surface area contributed by atoms with E-state index in [-0.39, 0.29) is 0 Å². The summed E-state index contributed by atoms with van der Waals surface area (Å²) in [6.07, 6.45) is 33.2. The lowest BCUT2D eigenvalue weighted by molar-refractivity contribution is 0.865. The molecule has 4 heteroatoms. The van der Waals surface area contributed by atoms with Gasteiger partial charge in [0.25, 0.3) is 0 Å². The Morgan fingerprint density at radius 2 is 1.30 bits per heavy atom. The van der Waals surface area contributed by atoms with Crippen LogP contribution in [0.15, 0.2) is 176 Å². The molecule has 0 spiro atoms. The Labute approximate surface area is 357 Å². The summed E-state index contributed by atoms with van der Waals surface area (Å²) < 4.78 is 5.18. The monoisotopic (exact) mass is 786 g/mol. The molecule has 12 rings (SSSR count). The van der Waals surface area contributed by atoms with E-state index in [9.17, 15) is 0 Å². The summed E-state index contributed by atoms with van der Waals surface area (Å²) >= 11 is 0. The van der Waals surface area contributed by atoms with Crippen LogP contribution in [0.5, 0.6) is 0 Å². The minimum atomic E-state index is 0.820. The van der Waals surface area contributed by atoms with Crippen LogP contribution in [0.1, 0.15) is 52.9 Å². The van der Waals surface area contributed by atoms with E-state index in [1.54, 1.807) is 0 Å². The number of benzene rings is 5. The minimum Gasteiger partial charge on any atom is -0.341 e. The Morgan fingerprint density at radius 3 is 2.23 bits per heavy atom. The molecule has 7 aromatic rings. The van der Waals surface area contributed by atoms with E-state index in [1.807, 2.05) is 0 Å². The zero-order valence-electron chi connectivity index (χ0n) is 34.2. The number of nitrogens with zero attached hydrogens (tertiary/aromatic N) is 4. The van der Waals surface area contributed by atoms with Gasteiger partial charge in [0.15, 0.2) is 0 Å². The molecule has 0 fully saturated rings. The molecule has 0 N–H and O–H groups in total. The van der Waals surface area contributed by atoms with Crippen LogP contribution in [0.25, 0.3) is 51.8 Å². The van der Waals surface area contributed by atoms with Crippen molar-refractivity contribution in [2.75, 3.05) is 16.3 Å². The van der Waals surface area contributed by atoms with Crippen molar-refractivity contribution < 1.29 is 0 Å². The highest BCUT2D eigenvalue weighted by atomic mass is 15.2. The molecular formula is C57H46N4. The molecule has 61 heavy (non-hydrogen) atoms. The SMILES string of the molecule is C1=CCc2c3c(n(-c4cc(N5CC/C=C\C=C/Cc6ccccc65)cc(-n5c6c(c7ccccc75)=CC=C5CC=6N(c6ccccc6)c6ccccc65)c4)c2C=C1)CCC=C3. The summed E-state index contributed by atoms with van der Waals surface area (Å²) in [6, 6.07) is 45.3. The maximum atomic E-state index is 2.59. The van der Waals surface area contributed by atoms with E-state index in [0.717, 1.165) is 50.8 Å². The lowest BCUT2D eigenvalue weighted by atomic mass is 9.93. The Balaban J connectivity index is 1.20. The number of hydrogen-bond donors (Lipinski definition) is 0. The summed E-state index contributed by atoms with van der Waals surface area (Å²) in [6.45, 7) is 0.861. The van der Waals surface area contributed by atoms with Gasteiger partial charge >= 0.3 is 0 Å². The molecule has 0 saturated carbocycles. The van der Waals surface area contributed by atoms with Crippen molar-refractivity contribution in [1.29, 1.82) is 0 Å². The van der Waals surface area contributed by atoms with E-state index in [4.69, 9.17) is 0 Å². The normalized spacial score (nSPS) is 17.2. The number of para-hydroxylation sites is 4. The van der Waals surface area contributed by atoms with Gasteiger partial charge in [0, 0.05) is 63.3 Å². The van der Waals surface area contributed by atoms with E-state index < -0.39 is 0 Å². The topological polar surface area (TPSA) is 16.3 Å². The predicted molar refractivity (Wildman–Crippen MR) is 257 cm³/mol. The molecule has 0 unspecified atom stereocenters. The fraction of sp³-hybridized carbons (Fsp3) is 0.123. The number of hydrogen-bond acceptors (Lipinski definition) is 2. The van der Waals surface area contributed by atoms with Crippen LogP contribution in [0.4, 0.5) is 22.7 Å². The third kappa shape index (κ3) is 5.89. The first-order chi connectivity index (χ1) is 30.3. The first kappa shape index (κ1) is 35.6. The largest absolute Gasteiger partial charge is 0.341 e. The van der Waals surface area contributed by atoms with Crippen molar-refractivity contribution in [3.63, 3.8) is 0 Å². The van der Waals surface area contributed by atoms with E-state index in [2.05, 4.69) is 213 Å². The molecule has 0 amide bonds. The molecular weight excluding hydrogens is 741 g/mol. The quantitative estimate of drug-likeness (QED) is 0.177. The molecule has 0 radical (unpaired) electrons. The molecule has 3 aliphatic carbocycles. The molecule has 294 valence electrons. The molecule has 0 saturated heterocycles. The molecule has 4 nitrogen and oxygen atoms in total. The second-order valence-electron chi connectivity index (χ2n) is 16.6. The summed E-state index contributed by atoms with van der Waals surface area (Å²) in [7, 11) is 0. The first-order valence-electron chi connectivity index (χ1n) is 21.9. The van der Waals surface area contributed by atoms with Crippen molar-refractivity contribution in [2.45, 2.75) is 38.5 Å². The minimum absolute atomic E-state index is 0.820. The second kappa shape index (κ2) is 14.8. The highest BCUT2D eigenvalue weighted by Gasteiger charge is 2.30. The van der Waals surface area contributed by atoms with Gasteiger partial charge in [0.05, 0.1) is 27.9 Å². The average molecular weight is 787 g/mol. The predicted octanol–water partition coefficient (Wildman–Crippen LogP) is 12.2. The first-order valence-corrected chi connectivity index (χ1v) is 21.9. The van der Waals surface area contributed by atoms with E-state index in [1.165, 1.54) is 94.8 Å². The zero-order valence-corrected chi connectivity index (χ0v) is 34.2. The number of aromatic nitrogens is 2. The Bertz CT molecular complexity index is 3230. The van der Waals surface area contributed by atoms with E-state index in [0.29, 0.717) is 0 Å². The third-order valence-electron chi connectivity index (χ3n) is 13.1. The summed E-state index contributed by atoms with van der Waals surface area (Å²) in [5, 5.41) is 3.75. The average Bonchev–Trinajstić information content (AvgIpc) is 3.61. The van der Waals surface area contributed by atoms with Crippen LogP contribution in [0.3, 0.4) is 0 Å². The molecule has 5 aliphatic rings. The summed E-state index contributed by atoms with van der Waals surface area (Å²) in [5.74, 6) is 0. The smallest absolute Gasteiger partial charge is 0.0743 e. The molecule has 0 atom stereocenters. The van der Waals surface area contributed by atoms with Crippen LogP contribution >= 0.6 is 0 Å². The number of fused-ring (bicyclic) bond motifs is 11. The van der Waals surface area contributed by atoms with Crippen LogP contribution in [0.2, 0.25) is 0 Å². The third-order valence-corrected chi connectivity index (χ3v) is 13.1. The van der Waals surface area contributed by atoms with Gasteiger partial charge in [-0.15, -0.1) is 0 Å². The van der Waals surface area contributed by atoms with Crippen molar-refractivity contribution in [1.82, 2.24) is 9.13 Å². The van der Waals surface area contributed by atoms with Crippen LogP contribution in [-0.4, -0.2) is 15.7 Å². The van der Waals surface area contributed by atoms with Crippen molar-refractivity contribution >= 4 is 63.2 Å². The molecule has 5 aromatic carbocycles. The van der Waals surface area contributed by atoms with Crippen molar-refractivity contribution in [3.8, 4) is 11.4 Å². The van der Waals surface area contributed by atoms with Gasteiger partial charge in [-0.05, 0) is 109 Å². The lowest BCUT2D eigenvalue weighted by Crippen LogP contribution is -2.37. The van der Waals surface area contributed by atoms with Crippen LogP contribution < -0.4 is 20.4 Å². The summed E-state index contributed by atoms with van der Waals surface area (Å²) in [5.41, 5.74) is 19.1. The lowest BCUT2D eigenvalue weighted by Gasteiger charge is -2.35. The van der Waals surface area contributed by atoms with Gasteiger partial charge in [0.1, 0.15) is 0 Å². The Morgan fingerprint density at radius 1 is 0.541 bits per heavy atom. The van der Waals surface area contributed by atoms with Gasteiger partial charge in [-0.2, -0.15) is 0 Å². The van der Waals surface area contributed by atoms with Gasteiger partial charge < -0.3 is 18.9 Å². The van der Waals surface area contributed by atoms with Crippen molar-refractivity contribution in [3.05, 3.63) is 220 Å². The molecule has 2 bridgehead atoms. The standard InChI is InChI=1S/C57H46N4/c1-2-6-20-40-21-11-15-28-51(40)58(35-19-3-1)43-37-44(60-53-29-10-5-9-25-47(53)48-26-13-17-31-54(48)60)39-45(38-43)61-55-32-18-14-27-49(55)50-34-33-41-36-56(57(50)61)59(42-22-7-4-8-23-42)52-30-16-12-24-46(41)52/h1-16,18,21-24,26-30,32-34,37-39H,17,19-20,25,31,35-36H2/b3-1-,6-2-. The maximum absolute atomic E-state index is 2.59. The van der Waals surface area contributed by atoms with Crippen LogP contribution in [-0.2, 0) is 19.3 Å². The fourth-order valence-corrected chi connectivity index (χ4v) is 10.5. The highest BCUT2D eigenvalue weighted by Crippen LogP contribution is 2.45. The number of rotatable bonds is 4. The van der Waals surface area contributed by atoms with Crippen LogP contribution in [0, 0.1) is 0 Å². The second-order valence-corrected chi connectivity index (χ2v) is 16.6. The number of allylic oxidation sites excluding steroid dienone is 8. The summed E-state index contributed by atoms with van der Waals surface area (Å²) in [4.78, 5) is 5.10. The highest BCUT2D eigenvalue weighted by molar-refractivity contribution is 6.00. The van der Waals surface area contributed by atoms with E-state index >= 15 is 0 Å². The molecule has 2 aromatic heterocycles. The fourth-order valence-electron chi connectivity index (χ4n) is 10.5. The van der Waals surface area contributed by atoms with Gasteiger partial charge in [-0.1, -0.05) is 140 Å². The Hall–Kier alpha value is -7.30. The van der Waals surface area contributed by atoms with Gasteiger partial charge in [-0.25, -0.2) is 0 Å². The van der Waals surface area contributed by atoms with Crippen molar-refractivity contribution in [2.24, 2.45) is 0 Å². The molecule has 2 aliphatic heterocycles.